The molecule has 1 aromatic heterocycles. The van der Waals surface area contributed by atoms with Crippen LogP contribution in [0.2, 0.25) is 0 Å². The Kier molecular flexibility index (Phi) is 8.90. The highest BCUT2D eigenvalue weighted by Crippen LogP contribution is 2.28. The largest absolute Gasteiger partial charge is 0.342 e. The fraction of sp³-hybridized carbons (Fsp3) is 0.360. The molecule has 0 saturated carbocycles. The van der Waals surface area contributed by atoms with Gasteiger partial charge in [0, 0.05) is 22.3 Å². The van der Waals surface area contributed by atoms with E-state index in [-0.39, 0.29) is 29.5 Å². The molecule has 0 aliphatic carbocycles. The lowest BCUT2D eigenvalue weighted by molar-refractivity contribution is -0.113. The van der Waals surface area contributed by atoms with Gasteiger partial charge in [0.25, 0.3) is 5.91 Å². The number of nitrogens with zero attached hydrogens (tertiary/aromatic N) is 3. The molecule has 3 rings (SSSR count). The molecule has 0 aliphatic rings. The van der Waals surface area contributed by atoms with Gasteiger partial charge in [-0.15, -0.1) is 10.2 Å². The predicted molar refractivity (Wildman–Crippen MR) is 140 cm³/mol. The third kappa shape index (κ3) is 6.48. The van der Waals surface area contributed by atoms with E-state index in [1.54, 1.807) is 12.1 Å². The van der Waals surface area contributed by atoms with E-state index in [1.807, 2.05) is 55.7 Å². The van der Waals surface area contributed by atoms with E-state index in [4.69, 9.17) is 0 Å². The van der Waals surface area contributed by atoms with Crippen molar-refractivity contribution in [2.45, 2.75) is 58.3 Å². The number of hydrogen-bond acceptors (Lipinski definition) is 5. The highest BCUT2D eigenvalue weighted by atomic mass is 79.9. The van der Waals surface area contributed by atoms with Gasteiger partial charge in [0.1, 0.15) is 0 Å². The molecule has 0 aliphatic heterocycles. The maximum Gasteiger partial charge on any atom is 0.251 e. The first-order valence-corrected chi connectivity index (χ1v) is 13.0. The second kappa shape index (κ2) is 11.7. The van der Waals surface area contributed by atoms with Crippen LogP contribution in [-0.4, -0.2) is 32.3 Å². The van der Waals surface area contributed by atoms with Gasteiger partial charge in [-0.1, -0.05) is 59.2 Å². The van der Waals surface area contributed by atoms with Gasteiger partial charge in [0.05, 0.1) is 11.8 Å². The van der Waals surface area contributed by atoms with Crippen LogP contribution < -0.4 is 10.6 Å². The summed E-state index contributed by atoms with van der Waals surface area (Å²) in [6, 6.07) is 12.9. The number of benzene rings is 2. The molecule has 1 atom stereocenters. The van der Waals surface area contributed by atoms with Crippen LogP contribution >= 0.6 is 27.7 Å². The number of anilines is 1. The van der Waals surface area contributed by atoms with Crippen LogP contribution in [0.5, 0.6) is 0 Å². The molecule has 1 heterocycles. The normalized spacial score (nSPS) is 12.0. The number of amides is 2. The smallest absolute Gasteiger partial charge is 0.251 e. The molecule has 7 nitrogen and oxygen atoms in total. The van der Waals surface area contributed by atoms with Gasteiger partial charge in [-0.2, -0.15) is 0 Å². The zero-order valence-corrected chi connectivity index (χ0v) is 22.5. The average Bonchev–Trinajstić information content (AvgIpc) is 3.22. The maximum atomic E-state index is 12.7. The van der Waals surface area contributed by atoms with Gasteiger partial charge in [0.2, 0.25) is 5.91 Å². The van der Waals surface area contributed by atoms with Crippen molar-refractivity contribution in [2.75, 3.05) is 11.1 Å². The van der Waals surface area contributed by atoms with Gasteiger partial charge < -0.3 is 15.2 Å². The second-order valence-electron chi connectivity index (χ2n) is 8.37. The van der Waals surface area contributed by atoms with Crippen LogP contribution in [0.3, 0.4) is 0 Å². The second-order valence-corrected chi connectivity index (χ2v) is 10.2. The zero-order valence-electron chi connectivity index (χ0n) is 20.1. The number of thioether (sulfide) groups is 1. The molecule has 0 bridgehead atoms. The highest BCUT2D eigenvalue weighted by molar-refractivity contribution is 9.10. The molecule has 2 amide bonds. The van der Waals surface area contributed by atoms with Crippen LogP contribution in [-0.2, 0) is 11.3 Å². The summed E-state index contributed by atoms with van der Waals surface area (Å²) in [5.41, 5.74) is 3.58. The van der Waals surface area contributed by atoms with E-state index in [1.165, 1.54) is 11.8 Å². The van der Waals surface area contributed by atoms with Gasteiger partial charge in [0.15, 0.2) is 11.0 Å². The van der Waals surface area contributed by atoms with Crippen molar-refractivity contribution in [3.63, 3.8) is 0 Å². The summed E-state index contributed by atoms with van der Waals surface area (Å²) in [5.74, 6) is 0.864. The minimum atomic E-state index is -0.333. The topological polar surface area (TPSA) is 88.9 Å². The number of aryl methyl sites for hydroxylation is 1. The Morgan fingerprint density at radius 2 is 1.79 bits per heavy atom. The van der Waals surface area contributed by atoms with Crippen molar-refractivity contribution in [3.8, 4) is 0 Å². The van der Waals surface area contributed by atoms with Crippen LogP contribution in [0.1, 0.15) is 67.0 Å². The van der Waals surface area contributed by atoms with Gasteiger partial charge in [-0.25, -0.2) is 0 Å². The number of rotatable bonds is 9. The quantitative estimate of drug-likeness (QED) is 0.337. The van der Waals surface area contributed by atoms with Crippen molar-refractivity contribution in [3.05, 3.63) is 69.5 Å². The third-order valence-corrected chi connectivity index (χ3v) is 6.81. The van der Waals surface area contributed by atoms with Crippen LogP contribution in [0.15, 0.2) is 52.1 Å². The van der Waals surface area contributed by atoms with Crippen molar-refractivity contribution < 1.29 is 9.59 Å². The highest BCUT2D eigenvalue weighted by Gasteiger charge is 2.20. The van der Waals surface area contributed by atoms with Crippen LogP contribution in [0.4, 0.5) is 5.69 Å². The number of carbonyl (C=O) groups is 2. The minimum Gasteiger partial charge on any atom is -0.342 e. The molecular weight excluding hydrogens is 514 g/mol. The monoisotopic (exact) mass is 543 g/mol. The Labute approximate surface area is 213 Å². The van der Waals surface area contributed by atoms with Crippen LogP contribution in [0, 0.1) is 6.92 Å². The Morgan fingerprint density at radius 1 is 1.09 bits per heavy atom. The molecule has 0 saturated heterocycles. The molecule has 2 aromatic carbocycles. The molecule has 2 N–H and O–H groups in total. The van der Waals surface area contributed by atoms with E-state index >= 15 is 0 Å². The van der Waals surface area contributed by atoms with E-state index < -0.39 is 0 Å². The summed E-state index contributed by atoms with van der Waals surface area (Å²) in [7, 11) is 0. The van der Waals surface area contributed by atoms with Gasteiger partial charge >= 0.3 is 0 Å². The Balaban J connectivity index is 1.64. The maximum absolute atomic E-state index is 12.7. The Hall–Kier alpha value is -2.65. The first-order valence-electron chi connectivity index (χ1n) is 11.2. The van der Waals surface area contributed by atoms with Gasteiger partial charge in [-0.3, -0.25) is 9.59 Å². The predicted octanol–water partition coefficient (Wildman–Crippen LogP) is 5.71. The third-order valence-electron chi connectivity index (χ3n) is 5.35. The summed E-state index contributed by atoms with van der Waals surface area (Å²) >= 11 is 4.82. The van der Waals surface area contributed by atoms with Crippen molar-refractivity contribution in [1.82, 2.24) is 20.1 Å². The zero-order chi connectivity index (χ0) is 24.8. The molecule has 0 spiro atoms. The number of nitrogens with one attached hydrogen (secondary N) is 2. The van der Waals surface area contributed by atoms with Crippen molar-refractivity contribution in [2.24, 2.45) is 0 Å². The summed E-state index contributed by atoms with van der Waals surface area (Å²) in [4.78, 5) is 25.3. The lowest BCUT2D eigenvalue weighted by Crippen LogP contribution is -2.28. The van der Waals surface area contributed by atoms with E-state index in [9.17, 15) is 9.59 Å². The number of halogens is 1. The molecule has 0 unspecified atom stereocenters. The number of hydrogen-bond donors (Lipinski definition) is 2. The summed E-state index contributed by atoms with van der Waals surface area (Å²) in [6.45, 7) is 10.7. The standard InChI is InChI=1S/C25H30BrN5O2S/c1-6-31-23(17(5)27-24(33)18-9-7-16(4)8-10-18)29-30-25(31)34-14-22(32)28-21-12-11-19(26)13-20(21)15(2)3/h7-13,15,17H,6,14H2,1-5H3,(H,27,33)(H,28,32)/t17-/m1/s1. The number of aromatic nitrogens is 3. The molecule has 9 heteroatoms. The van der Waals surface area contributed by atoms with E-state index in [0.717, 1.165) is 21.3 Å². The lowest BCUT2D eigenvalue weighted by Gasteiger charge is -2.16. The van der Waals surface area contributed by atoms with Crippen LogP contribution in [0.25, 0.3) is 0 Å². The van der Waals surface area contributed by atoms with E-state index in [2.05, 4.69) is 50.6 Å². The molecule has 3 aromatic rings. The summed E-state index contributed by atoms with van der Waals surface area (Å²) < 4.78 is 2.91. The minimum absolute atomic E-state index is 0.109. The average molecular weight is 545 g/mol. The summed E-state index contributed by atoms with van der Waals surface area (Å²) in [5, 5.41) is 15.2. The molecule has 34 heavy (non-hydrogen) atoms. The molecule has 180 valence electrons. The molecule has 0 radical (unpaired) electrons. The first kappa shape index (κ1) is 26.0. The Bertz CT molecular complexity index is 1160. The van der Waals surface area contributed by atoms with Crippen molar-refractivity contribution in [1.29, 1.82) is 0 Å². The lowest BCUT2D eigenvalue weighted by atomic mass is 10.0. The molecule has 0 fully saturated rings. The van der Waals surface area contributed by atoms with Gasteiger partial charge in [-0.05, 0) is 62.6 Å². The SMILES string of the molecule is CCn1c(SCC(=O)Nc2ccc(Br)cc2C(C)C)nnc1[C@@H](C)NC(=O)c1ccc(C)cc1. The molecular formula is C25H30BrN5O2S. The van der Waals surface area contributed by atoms with Crippen molar-refractivity contribution >= 4 is 45.2 Å². The fourth-order valence-electron chi connectivity index (χ4n) is 3.52. The first-order chi connectivity index (χ1) is 16.2. The summed E-state index contributed by atoms with van der Waals surface area (Å²) in [6.07, 6.45) is 0. The number of carbonyl (C=O) groups excluding carboxylic acids is 2. The Morgan fingerprint density at radius 3 is 2.44 bits per heavy atom. The van der Waals surface area contributed by atoms with E-state index in [0.29, 0.717) is 23.1 Å². The fourth-order valence-corrected chi connectivity index (χ4v) is 4.70.